The van der Waals surface area contributed by atoms with Crippen molar-refractivity contribution < 1.29 is 14.6 Å². The van der Waals surface area contributed by atoms with Gasteiger partial charge < -0.3 is 9.84 Å². The third kappa shape index (κ3) is 2.21. The van der Waals surface area contributed by atoms with Crippen LogP contribution in [0.1, 0.15) is 10.4 Å². The maximum absolute atomic E-state index is 11.3. The predicted octanol–water partition coefficient (Wildman–Crippen LogP) is 3.36. The number of carboxylic acids is 1. The summed E-state index contributed by atoms with van der Waals surface area (Å²) < 4.78 is 6.86. The van der Waals surface area contributed by atoms with E-state index in [1.54, 1.807) is 23.8 Å². The molecule has 2 heterocycles. The molecule has 0 aliphatic rings. The van der Waals surface area contributed by atoms with Gasteiger partial charge in [0.05, 0.1) is 18.2 Å². The Kier molecular flexibility index (Phi) is 3.27. The first kappa shape index (κ1) is 13.5. The number of imidazole rings is 1. The number of benzene rings is 1. The molecule has 0 bridgehead atoms. The quantitative estimate of drug-likeness (QED) is 0.805. The van der Waals surface area contributed by atoms with E-state index < -0.39 is 5.97 Å². The van der Waals surface area contributed by atoms with Gasteiger partial charge in [-0.3, -0.25) is 4.40 Å². The van der Waals surface area contributed by atoms with Crippen LogP contribution in [0.4, 0.5) is 0 Å². The van der Waals surface area contributed by atoms with Crippen molar-refractivity contribution in [2.24, 2.45) is 0 Å². The van der Waals surface area contributed by atoms with Gasteiger partial charge in [0.25, 0.3) is 0 Å². The van der Waals surface area contributed by atoms with E-state index in [0.29, 0.717) is 17.1 Å². The molecule has 0 unspecified atom stereocenters. The van der Waals surface area contributed by atoms with E-state index in [9.17, 15) is 9.90 Å². The lowest BCUT2D eigenvalue weighted by atomic mass is 10.2. The SMILES string of the molecule is COc1cccc(-c2nc(Cl)c3c(C(=O)O)cccn23)c1. The lowest BCUT2D eigenvalue weighted by molar-refractivity contribution is 0.0698. The molecule has 1 aromatic carbocycles. The standard InChI is InChI=1S/C15H11ClN2O3/c1-21-10-5-2-4-9(8-10)14-17-13(16)12-11(15(19)20)6-3-7-18(12)14/h2-8H,1H3,(H,19,20). The first-order valence-corrected chi connectivity index (χ1v) is 6.54. The Labute approximate surface area is 125 Å². The smallest absolute Gasteiger partial charge is 0.337 e. The average molecular weight is 303 g/mol. The van der Waals surface area contributed by atoms with Crippen LogP contribution in [0, 0.1) is 0 Å². The molecule has 106 valence electrons. The number of halogens is 1. The summed E-state index contributed by atoms with van der Waals surface area (Å²) >= 11 is 6.12. The first-order valence-electron chi connectivity index (χ1n) is 6.16. The van der Waals surface area contributed by atoms with Crippen LogP contribution in [0.15, 0.2) is 42.6 Å². The number of fused-ring (bicyclic) bond motifs is 1. The molecule has 5 nitrogen and oxygen atoms in total. The Bertz CT molecular complexity index is 842. The topological polar surface area (TPSA) is 63.8 Å². The Morgan fingerprint density at radius 3 is 2.86 bits per heavy atom. The number of ether oxygens (including phenoxy) is 1. The van der Waals surface area contributed by atoms with Crippen LogP contribution in [0.5, 0.6) is 5.75 Å². The summed E-state index contributed by atoms with van der Waals surface area (Å²) in [6, 6.07) is 10.5. The number of aromatic carboxylic acids is 1. The van der Waals surface area contributed by atoms with Crippen molar-refractivity contribution in [2.45, 2.75) is 0 Å². The van der Waals surface area contributed by atoms with E-state index in [1.807, 2.05) is 24.3 Å². The number of carboxylic acid groups (broad SMARTS) is 1. The van der Waals surface area contributed by atoms with Gasteiger partial charge in [0.2, 0.25) is 0 Å². The van der Waals surface area contributed by atoms with Crippen LogP contribution in [0.3, 0.4) is 0 Å². The number of methoxy groups -OCH3 is 1. The molecule has 21 heavy (non-hydrogen) atoms. The van der Waals surface area contributed by atoms with Gasteiger partial charge >= 0.3 is 5.97 Å². The normalized spacial score (nSPS) is 10.8. The highest BCUT2D eigenvalue weighted by molar-refractivity contribution is 6.33. The van der Waals surface area contributed by atoms with Gasteiger partial charge in [0, 0.05) is 11.8 Å². The number of aromatic nitrogens is 2. The molecule has 0 fully saturated rings. The summed E-state index contributed by atoms with van der Waals surface area (Å²) in [7, 11) is 1.58. The highest BCUT2D eigenvalue weighted by Gasteiger charge is 2.17. The Balaban J connectivity index is 2.29. The van der Waals surface area contributed by atoms with E-state index in [1.165, 1.54) is 6.07 Å². The second-order valence-corrected chi connectivity index (χ2v) is 4.76. The maximum Gasteiger partial charge on any atom is 0.337 e. The van der Waals surface area contributed by atoms with Crippen LogP contribution in [-0.2, 0) is 0 Å². The van der Waals surface area contributed by atoms with Gasteiger partial charge in [0.1, 0.15) is 11.6 Å². The van der Waals surface area contributed by atoms with E-state index in [0.717, 1.165) is 5.56 Å². The number of rotatable bonds is 3. The summed E-state index contributed by atoms with van der Waals surface area (Å²) in [6.07, 6.45) is 1.73. The maximum atomic E-state index is 11.3. The molecule has 1 N–H and O–H groups in total. The van der Waals surface area contributed by atoms with Crippen molar-refractivity contribution in [2.75, 3.05) is 7.11 Å². The zero-order chi connectivity index (χ0) is 15.0. The molecular weight excluding hydrogens is 292 g/mol. The molecule has 2 aromatic heterocycles. The summed E-state index contributed by atoms with van der Waals surface area (Å²) in [5, 5.41) is 9.41. The molecule has 0 radical (unpaired) electrons. The number of nitrogens with zero attached hydrogens (tertiary/aromatic N) is 2. The minimum atomic E-state index is -1.04. The van der Waals surface area contributed by atoms with Crippen molar-refractivity contribution in [1.82, 2.24) is 9.38 Å². The molecule has 0 atom stereocenters. The Hall–Kier alpha value is -2.53. The fraction of sp³-hybridized carbons (Fsp3) is 0.0667. The van der Waals surface area contributed by atoms with Crippen molar-refractivity contribution >= 4 is 23.1 Å². The van der Waals surface area contributed by atoms with E-state index in [4.69, 9.17) is 16.3 Å². The van der Waals surface area contributed by atoms with E-state index >= 15 is 0 Å². The molecule has 0 aliphatic heterocycles. The summed E-state index contributed by atoms with van der Waals surface area (Å²) in [5.74, 6) is 0.214. The van der Waals surface area contributed by atoms with Crippen molar-refractivity contribution in [3.63, 3.8) is 0 Å². The van der Waals surface area contributed by atoms with Crippen molar-refractivity contribution in [1.29, 1.82) is 0 Å². The largest absolute Gasteiger partial charge is 0.497 e. The molecule has 0 saturated heterocycles. The van der Waals surface area contributed by atoms with E-state index in [2.05, 4.69) is 4.98 Å². The first-order chi connectivity index (χ1) is 10.1. The molecule has 0 aliphatic carbocycles. The van der Waals surface area contributed by atoms with Crippen LogP contribution >= 0.6 is 11.6 Å². The molecular formula is C15H11ClN2O3. The van der Waals surface area contributed by atoms with Gasteiger partial charge in [-0.2, -0.15) is 0 Å². The highest BCUT2D eigenvalue weighted by Crippen LogP contribution is 2.29. The number of carbonyl (C=O) groups is 1. The number of pyridine rings is 1. The average Bonchev–Trinajstić information content (AvgIpc) is 2.84. The second kappa shape index (κ2) is 5.10. The van der Waals surface area contributed by atoms with Gasteiger partial charge in [-0.25, -0.2) is 9.78 Å². The molecule has 3 rings (SSSR count). The Morgan fingerprint density at radius 2 is 2.14 bits per heavy atom. The fourth-order valence-electron chi connectivity index (χ4n) is 2.23. The molecule has 6 heteroatoms. The molecule has 0 spiro atoms. The highest BCUT2D eigenvalue weighted by atomic mass is 35.5. The van der Waals surface area contributed by atoms with E-state index in [-0.39, 0.29) is 10.7 Å². The molecule has 0 amide bonds. The van der Waals surface area contributed by atoms with Crippen LogP contribution in [0.2, 0.25) is 5.15 Å². The Morgan fingerprint density at radius 1 is 1.33 bits per heavy atom. The van der Waals surface area contributed by atoms with Gasteiger partial charge in [-0.1, -0.05) is 23.7 Å². The van der Waals surface area contributed by atoms with Gasteiger partial charge in [-0.05, 0) is 24.3 Å². The third-order valence-electron chi connectivity index (χ3n) is 3.18. The molecule has 0 saturated carbocycles. The number of hydrogen-bond donors (Lipinski definition) is 1. The van der Waals surface area contributed by atoms with Crippen molar-refractivity contribution in [3.05, 3.63) is 53.3 Å². The fourth-order valence-corrected chi connectivity index (χ4v) is 2.51. The van der Waals surface area contributed by atoms with Crippen LogP contribution in [-0.4, -0.2) is 27.6 Å². The van der Waals surface area contributed by atoms with Crippen molar-refractivity contribution in [3.8, 4) is 17.1 Å². The van der Waals surface area contributed by atoms with Crippen LogP contribution < -0.4 is 4.74 Å². The minimum absolute atomic E-state index is 0.115. The van der Waals surface area contributed by atoms with Gasteiger partial charge in [-0.15, -0.1) is 0 Å². The third-order valence-corrected chi connectivity index (χ3v) is 3.44. The van der Waals surface area contributed by atoms with Crippen LogP contribution in [0.25, 0.3) is 16.9 Å². The monoisotopic (exact) mass is 302 g/mol. The van der Waals surface area contributed by atoms with Gasteiger partial charge in [0.15, 0.2) is 5.15 Å². The lowest BCUT2D eigenvalue weighted by Gasteiger charge is -2.05. The minimum Gasteiger partial charge on any atom is -0.497 e. The second-order valence-electron chi connectivity index (χ2n) is 4.40. The zero-order valence-electron chi connectivity index (χ0n) is 11.1. The molecule has 3 aromatic rings. The predicted molar refractivity (Wildman–Crippen MR) is 79.1 cm³/mol. The summed E-state index contributed by atoms with van der Waals surface area (Å²) in [5.41, 5.74) is 1.28. The number of hydrogen-bond acceptors (Lipinski definition) is 3. The summed E-state index contributed by atoms with van der Waals surface area (Å²) in [6.45, 7) is 0. The summed E-state index contributed by atoms with van der Waals surface area (Å²) in [4.78, 5) is 15.6. The zero-order valence-corrected chi connectivity index (χ0v) is 11.8. The lowest BCUT2D eigenvalue weighted by Crippen LogP contribution is -2.00.